The van der Waals surface area contributed by atoms with Crippen LogP contribution in [0.3, 0.4) is 0 Å². The highest BCUT2D eigenvalue weighted by Crippen LogP contribution is 2.29. The van der Waals surface area contributed by atoms with Crippen LogP contribution in [-0.2, 0) is 0 Å². The van der Waals surface area contributed by atoms with E-state index in [4.69, 9.17) is 9.47 Å². The summed E-state index contributed by atoms with van der Waals surface area (Å²) < 4.78 is 10.6. The van der Waals surface area contributed by atoms with Gasteiger partial charge in [0, 0.05) is 6.04 Å². The summed E-state index contributed by atoms with van der Waals surface area (Å²) in [5.41, 5.74) is 1.22. The topological polar surface area (TPSA) is 30.5 Å². The first-order chi connectivity index (χ1) is 9.12. The highest BCUT2D eigenvalue weighted by molar-refractivity contribution is 5.43. The molecule has 1 aromatic rings. The first-order valence-corrected chi connectivity index (χ1v) is 7.07. The molecule has 0 aliphatic heterocycles. The van der Waals surface area contributed by atoms with Crippen LogP contribution in [0.25, 0.3) is 0 Å². The fourth-order valence-electron chi connectivity index (χ4n) is 2.21. The molecule has 0 amide bonds. The lowest BCUT2D eigenvalue weighted by atomic mass is 10.0. The van der Waals surface area contributed by atoms with Crippen LogP contribution in [0.1, 0.15) is 45.2 Å². The molecule has 0 fully saturated rings. The van der Waals surface area contributed by atoms with Crippen LogP contribution < -0.4 is 14.8 Å². The van der Waals surface area contributed by atoms with Gasteiger partial charge < -0.3 is 14.8 Å². The van der Waals surface area contributed by atoms with Crippen LogP contribution in [0.5, 0.6) is 11.5 Å². The number of nitrogens with one attached hydrogen (secondary N) is 1. The minimum absolute atomic E-state index is 0.319. The van der Waals surface area contributed by atoms with Crippen LogP contribution >= 0.6 is 0 Å². The van der Waals surface area contributed by atoms with Crippen molar-refractivity contribution in [2.24, 2.45) is 5.92 Å². The maximum atomic E-state index is 5.34. The zero-order valence-electron chi connectivity index (χ0n) is 12.8. The van der Waals surface area contributed by atoms with E-state index in [2.05, 4.69) is 32.2 Å². The van der Waals surface area contributed by atoms with Crippen LogP contribution in [0.2, 0.25) is 0 Å². The number of benzene rings is 1. The molecule has 1 aromatic carbocycles. The van der Waals surface area contributed by atoms with E-state index in [1.54, 1.807) is 14.2 Å². The Morgan fingerprint density at radius 2 is 1.79 bits per heavy atom. The van der Waals surface area contributed by atoms with E-state index in [0.717, 1.165) is 18.0 Å². The molecule has 3 heteroatoms. The van der Waals surface area contributed by atoms with E-state index in [0.29, 0.717) is 12.0 Å². The Balaban J connectivity index is 2.64. The van der Waals surface area contributed by atoms with E-state index >= 15 is 0 Å². The van der Waals surface area contributed by atoms with Gasteiger partial charge in [-0.25, -0.2) is 0 Å². The van der Waals surface area contributed by atoms with Gasteiger partial charge in [-0.3, -0.25) is 0 Å². The Labute approximate surface area is 117 Å². The lowest BCUT2D eigenvalue weighted by Crippen LogP contribution is -2.24. The molecular weight excluding hydrogens is 238 g/mol. The maximum absolute atomic E-state index is 5.34. The summed E-state index contributed by atoms with van der Waals surface area (Å²) in [6, 6.07) is 6.41. The van der Waals surface area contributed by atoms with Gasteiger partial charge in [-0.15, -0.1) is 0 Å². The van der Waals surface area contributed by atoms with E-state index in [9.17, 15) is 0 Å². The van der Waals surface area contributed by atoms with E-state index in [1.807, 2.05) is 12.1 Å². The number of methoxy groups -OCH3 is 2. The number of hydrogen-bond acceptors (Lipinski definition) is 3. The average Bonchev–Trinajstić information content (AvgIpc) is 2.44. The third-order valence-corrected chi connectivity index (χ3v) is 3.46. The summed E-state index contributed by atoms with van der Waals surface area (Å²) >= 11 is 0. The number of rotatable bonds is 8. The predicted octanol–water partition coefficient (Wildman–Crippen LogP) is 3.79. The number of ether oxygens (including phenoxy) is 2. The van der Waals surface area contributed by atoms with Gasteiger partial charge in [0.25, 0.3) is 0 Å². The van der Waals surface area contributed by atoms with Crippen molar-refractivity contribution in [3.8, 4) is 11.5 Å². The highest BCUT2D eigenvalue weighted by atomic mass is 16.5. The lowest BCUT2D eigenvalue weighted by Gasteiger charge is -2.19. The third-order valence-electron chi connectivity index (χ3n) is 3.46. The molecule has 0 aliphatic carbocycles. The van der Waals surface area contributed by atoms with Crippen molar-refractivity contribution in [3.05, 3.63) is 23.8 Å². The fraction of sp³-hybridized carbons (Fsp3) is 0.625. The molecule has 0 radical (unpaired) electrons. The summed E-state index contributed by atoms with van der Waals surface area (Å²) in [5.74, 6) is 2.28. The minimum Gasteiger partial charge on any atom is -0.493 e. The summed E-state index contributed by atoms with van der Waals surface area (Å²) in [7, 11) is 3.33. The van der Waals surface area contributed by atoms with Crippen molar-refractivity contribution in [1.82, 2.24) is 5.32 Å². The van der Waals surface area contributed by atoms with Crippen LogP contribution in [0, 0.1) is 5.92 Å². The molecule has 0 spiro atoms. The van der Waals surface area contributed by atoms with Gasteiger partial charge >= 0.3 is 0 Å². The third kappa shape index (κ3) is 4.75. The second-order valence-electron chi connectivity index (χ2n) is 5.14. The molecular formula is C16H27NO2. The smallest absolute Gasteiger partial charge is 0.161 e. The fourth-order valence-corrected chi connectivity index (χ4v) is 2.21. The highest BCUT2D eigenvalue weighted by Gasteiger charge is 2.10. The molecule has 0 aliphatic rings. The van der Waals surface area contributed by atoms with Crippen molar-refractivity contribution < 1.29 is 9.47 Å². The van der Waals surface area contributed by atoms with E-state index < -0.39 is 0 Å². The van der Waals surface area contributed by atoms with Crippen molar-refractivity contribution in [3.63, 3.8) is 0 Å². The van der Waals surface area contributed by atoms with Crippen molar-refractivity contribution >= 4 is 0 Å². The average molecular weight is 265 g/mol. The molecule has 0 saturated carbocycles. The summed E-state index contributed by atoms with van der Waals surface area (Å²) in [4.78, 5) is 0. The second-order valence-corrected chi connectivity index (χ2v) is 5.14. The summed E-state index contributed by atoms with van der Waals surface area (Å²) in [5, 5.41) is 3.58. The summed E-state index contributed by atoms with van der Waals surface area (Å²) in [6.45, 7) is 7.75. The largest absolute Gasteiger partial charge is 0.493 e. The Morgan fingerprint density at radius 1 is 1.11 bits per heavy atom. The molecule has 19 heavy (non-hydrogen) atoms. The number of hydrogen-bond donors (Lipinski definition) is 1. The van der Waals surface area contributed by atoms with Gasteiger partial charge in [0.2, 0.25) is 0 Å². The standard InChI is InChI=1S/C16H27NO2/c1-6-7-12(2)11-17-13(3)14-8-9-15(18-4)16(10-14)19-5/h8-10,12-13,17H,6-7,11H2,1-5H3. The zero-order chi connectivity index (χ0) is 14.3. The Kier molecular flexibility index (Phi) is 6.71. The van der Waals surface area contributed by atoms with Gasteiger partial charge in [0.15, 0.2) is 11.5 Å². The Bertz CT molecular complexity index is 379. The molecule has 0 aromatic heterocycles. The second kappa shape index (κ2) is 8.05. The Morgan fingerprint density at radius 3 is 2.37 bits per heavy atom. The van der Waals surface area contributed by atoms with Gasteiger partial charge in [0.1, 0.15) is 0 Å². The van der Waals surface area contributed by atoms with Crippen molar-refractivity contribution in [1.29, 1.82) is 0 Å². The normalized spacial score (nSPS) is 13.9. The first-order valence-electron chi connectivity index (χ1n) is 7.07. The van der Waals surface area contributed by atoms with E-state index in [-0.39, 0.29) is 0 Å². The molecule has 1 rings (SSSR count). The van der Waals surface area contributed by atoms with Gasteiger partial charge in [-0.2, -0.15) is 0 Å². The molecule has 0 bridgehead atoms. The van der Waals surface area contributed by atoms with Gasteiger partial charge in [-0.1, -0.05) is 26.3 Å². The summed E-state index contributed by atoms with van der Waals surface area (Å²) in [6.07, 6.45) is 2.51. The quantitative estimate of drug-likeness (QED) is 0.775. The monoisotopic (exact) mass is 265 g/mol. The molecule has 1 N–H and O–H groups in total. The minimum atomic E-state index is 0.319. The van der Waals surface area contributed by atoms with Gasteiger partial charge in [-0.05, 0) is 43.5 Å². The molecule has 108 valence electrons. The SMILES string of the molecule is CCCC(C)CNC(C)c1ccc(OC)c(OC)c1. The maximum Gasteiger partial charge on any atom is 0.161 e. The van der Waals surface area contributed by atoms with Crippen molar-refractivity contribution in [2.45, 2.75) is 39.7 Å². The zero-order valence-corrected chi connectivity index (χ0v) is 12.8. The lowest BCUT2D eigenvalue weighted by molar-refractivity contribution is 0.353. The van der Waals surface area contributed by atoms with Crippen LogP contribution in [0.4, 0.5) is 0 Å². The van der Waals surface area contributed by atoms with Gasteiger partial charge in [0.05, 0.1) is 14.2 Å². The molecule has 0 heterocycles. The van der Waals surface area contributed by atoms with Crippen LogP contribution in [0.15, 0.2) is 18.2 Å². The molecule has 0 saturated heterocycles. The Hall–Kier alpha value is -1.22. The molecule has 2 unspecified atom stereocenters. The molecule has 3 nitrogen and oxygen atoms in total. The van der Waals surface area contributed by atoms with Crippen molar-refractivity contribution in [2.75, 3.05) is 20.8 Å². The molecule has 2 atom stereocenters. The first kappa shape index (κ1) is 15.8. The predicted molar refractivity (Wildman–Crippen MR) is 80.0 cm³/mol. The van der Waals surface area contributed by atoms with E-state index in [1.165, 1.54) is 18.4 Å². The van der Waals surface area contributed by atoms with Crippen LogP contribution in [-0.4, -0.2) is 20.8 Å².